The number of ether oxygens (including phenoxy) is 1. The fourth-order valence-corrected chi connectivity index (χ4v) is 3.09. The van der Waals surface area contributed by atoms with Gasteiger partial charge in [0.05, 0.1) is 5.56 Å². The third-order valence-electron chi connectivity index (χ3n) is 4.18. The predicted octanol–water partition coefficient (Wildman–Crippen LogP) is 2.22. The Morgan fingerprint density at radius 1 is 0.960 bits per heavy atom. The Balaban J connectivity index is 2.16. The van der Waals surface area contributed by atoms with Crippen LogP contribution in [-0.4, -0.2) is 11.1 Å². The maximum Gasteiger partial charge on any atom is 0.336 e. The molecule has 0 radical (unpaired) electrons. The third kappa shape index (κ3) is 2.44. The number of hydrogen-bond donors (Lipinski definition) is 1. The van der Waals surface area contributed by atoms with Gasteiger partial charge in [-0.25, -0.2) is 4.79 Å². The van der Waals surface area contributed by atoms with Crippen LogP contribution in [0, 0.1) is 0 Å². The van der Waals surface area contributed by atoms with Crippen molar-refractivity contribution in [1.29, 1.82) is 0 Å². The van der Waals surface area contributed by atoms with Gasteiger partial charge < -0.3 is 14.9 Å². The topological polar surface area (TPSA) is 69.6 Å². The summed E-state index contributed by atoms with van der Waals surface area (Å²) in [6, 6.07) is 16.8. The summed E-state index contributed by atoms with van der Waals surface area (Å²) in [6.07, 6.45) is 0. The zero-order chi connectivity index (χ0) is 17.6. The summed E-state index contributed by atoms with van der Waals surface area (Å²) in [5.41, 5.74) is 2.20. The van der Waals surface area contributed by atoms with Crippen LogP contribution >= 0.6 is 0 Å². The molecule has 25 heavy (non-hydrogen) atoms. The molecular weight excluding hydrogens is 316 g/mol. The average molecular weight is 329 g/mol. The summed E-state index contributed by atoms with van der Waals surface area (Å²) in [5, 5.41) is 22.9. The number of rotatable bonds is 2. The van der Waals surface area contributed by atoms with Crippen LogP contribution in [0.15, 0.2) is 60.7 Å². The summed E-state index contributed by atoms with van der Waals surface area (Å²) < 4.78 is 5.88. The number of fused-ring (bicyclic) bond motifs is 2. The molecule has 0 saturated heterocycles. The first-order valence-corrected chi connectivity index (χ1v) is 7.70. The molecule has 0 unspecified atom stereocenters. The lowest BCUT2D eigenvalue weighted by molar-refractivity contribution is -0.268. The zero-order valence-electron chi connectivity index (χ0n) is 13.2. The molecule has 3 aromatic rings. The molecule has 4 nitrogen and oxygen atoms in total. The number of carboxylic acid groups (broad SMARTS) is 1. The fourth-order valence-electron chi connectivity index (χ4n) is 3.09. The molecule has 1 aliphatic rings. The van der Waals surface area contributed by atoms with Crippen molar-refractivity contribution >= 4 is 18.1 Å². The molecule has 1 aliphatic heterocycles. The van der Waals surface area contributed by atoms with Gasteiger partial charge in [-0.1, -0.05) is 49.0 Å². The lowest BCUT2D eigenvalue weighted by Gasteiger charge is -2.23. The molecule has 0 saturated carbocycles. The molecule has 0 aromatic heterocycles. The van der Waals surface area contributed by atoms with Gasteiger partial charge in [0, 0.05) is 16.4 Å². The number of carboxylic acids is 1. The molecule has 0 atom stereocenters. The van der Waals surface area contributed by atoms with Gasteiger partial charge in [0.15, 0.2) is 0 Å². The highest BCUT2D eigenvalue weighted by Crippen LogP contribution is 2.38. The van der Waals surface area contributed by atoms with Crippen LogP contribution in [0.4, 0.5) is 0 Å². The standard InChI is InChI=1S/C21H14O4/c1-12-6-8-16-18(10-12)25-19-11-13(22)7-9-17(19)20(16)14-4-2-3-5-15(14)21(23)24/h2-11,22H,1H2,(H,23,24)/p-1. The van der Waals surface area contributed by atoms with Crippen LogP contribution < -0.4 is 20.3 Å². The Hall–Kier alpha value is -3.53. The molecule has 4 rings (SSSR count). The number of carbonyl (C=O) groups is 1. The van der Waals surface area contributed by atoms with E-state index in [9.17, 15) is 15.0 Å². The second-order valence-electron chi connectivity index (χ2n) is 5.82. The van der Waals surface area contributed by atoms with Gasteiger partial charge >= 0.3 is 5.97 Å². The van der Waals surface area contributed by atoms with E-state index in [1.165, 1.54) is 12.1 Å². The van der Waals surface area contributed by atoms with E-state index in [1.807, 2.05) is 12.1 Å². The first kappa shape index (κ1) is 15.0. The van der Waals surface area contributed by atoms with Crippen molar-refractivity contribution < 1.29 is 19.7 Å². The van der Waals surface area contributed by atoms with E-state index in [2.05, 4.69) is 6.58 Å². The van der Waals surface area contributed by atoms with E-state index < -0.39 is 5.97 Å². The maximum absolute atomic E-state index is 11.7. The van der Waals surface area contributed by atoms with Crippen molar-refractivity contribution in [2.24, 2.45) is 0 Å². The van der Waals surface area contributed by atoms with Crippen LogP contribution in [0.25, 0.3) is 12.2 Å². The van der Waals surface area contributed by atoms with Crippen molar-refractivity contribution in [3.8, 4) is 17.2 Å². The quantitative estimate of drug-likeness (QED) is 0.612. The van der Waals surface area contributed by atoms with E-state index in [4.69, 9.17) is 4.74 Å². The lowest BCUT2D eigenvalue weighted by Crippen LogP contribution is -2.20. The molecular formula is C21H13O4-. The third-order valence-corrected chi connectivity index (χ3v) is 4.18. The maximum atomic E-state index is 11.7. The van der Waals surface area contributed by atoms with E-state index >= 15 is 0 Å². The van der Waals surface area contributed by atoms with Gasteiger partial charge in [0.1, 0.15) is 11.5 Å². The van der Waals surface area contributed by atoms with E-state index in [-0.39, 0.29) is 11.3 Å². The van der Waals surface area contributed by atoms with Crippen molar-refractivity contribution in [3.63, 3.8) is 0 Å². The Morgan fingerprint density at radius 3 is 2.56 bits per heavy atom. The normalized spacial score (nSPS) is 12.1. The Kier molecular flexibility index (Phi) is 3.32. The van der Waals surface area contributed by atoms with E-state index in [0.29, 0.717) is 22.6 Å². The fraction of sp³-hybridized carbons (Fsp3) is 0. The van der Waals surface area contributed by atoms with Crippen LogP contribution in [0.1, 0.15) is 21.5 Å². The Morgan fingerprint density at radius 2 is 1.76 bits per heavy atom. The minimum atomic E-state index is -1.01. The molecule has 3 aromatic carbocycles. The molecule has 122 valence electrons. The average Bonchev–Trinajstić information content (AvgIpc) is 2.59. The molecule has 0 bridgehead atoms. The minimum Gasteiger partial charge on any atom is -0.872 e. The Bertz CT molecular complexity index is 1130. The summed E-state index contributed by atoms with van der Waals surface area (Å²) >= 11 is 0. The molecule has 1 N–H and O–H groups in total. The second-order valence-corrected chi connectivity index (χ2v) is 5.82. The zero-order valence-corrected chi connectivity index (χ0v) is 13.2. The summed E-state index contributed by atoms with van der Waals surface area (Å²) in [4.78, 5) is 11.7. The second kappa shape index (κ2) is 5.53. The summed E-state index contributed by atoms with van der Waals surface area (Å²) in [5.74, 6) is -0.202. The smallest absolute Gasteiger partial charge is 0.336 e. The molecule has 4 heteroatoms. The van der Waals surface area contributed by atoms with Crippen molar-refractivity contribution in [1.82, 2.24) is 0 Å². The molecule has 1 heterocycles. The lowest BCUT2D eigenvalue weighted by atomic mass is 9.89. The monoisotopic (exact) mass is 329 g/mol. The van der Waals surface area contributed by atoms with Gasteiger partial charge in [0.2, 0.25) is 0 Å². The van der Waals surface area contributed by atoms with Crippen molar-refractivity contribution in [3.05, 3.63) is 87.8 Å². The Labute approximate surface area is 143 Å². The van der Waals surface area contributed by atoms with Gasteiger partial charge in [0.25, 0.3) is 0 Å². The molecule has 0 aliphatic carbocycles. The highest BCUT2D eigenvalue weighted by molar-refractivity contribution is 5.98. The summed E-state index contributed by atoms with van der Waals surface area (Å²) in [7, 11) is 0. The largest absolute Gasteiger partial charge is 0.872 e. The van der Waals surface area contributed by atoms with E-state index in [0.717, 1.165) is 16.0 Å². The number of aromatic carboxylic acids is 1. The highest BCUT2D eigenvalue weighted by atomic mass is 16.5. The molecule has 0 amide bonds. The van der Waals surface area contributed by atoms with Crippen molar-refractivity contribution in [2.45, 2.75) is 0 Å². The number of hydrogen-bond acceptors (Lipinski definition) is 3. The first-order valence-electron chi connectivity index (χ1n) is 7.70. The molecule has 0 spiro atoms. The minimum absolute atomic E-state index is 0.168. The van der Waals surface area contributed by atoms with Crippen molar-refractivity contribution in [2.75, 3.05) is 0 Å². The van der Waals surface area contributed by atoms with Gasteiger partial charge in [-0.2, -0.15) is 0 Å². The summed E-state index contributed by atoms with van der Waals surface area (Å²) in [6.45, 7) is 3.90. The van der Waals surface area contributed by atoms with Crippen LogP contribution in [-0.2, 0) is 0 Å². The van der Waals surface area contributed by atoms with Gasteiger partial charge in [-0.15, -0.1) is 5.75 Å². The van der Waals surface area contributed by atoms with Gasteiger partial charge in [-0.05, 0) is 29.0 Å². The predicted molar refractivity (Wildman–Crippen MR) is 92.2 cm³/mol. The van der Waals surface area contributed by atoms with Crippen LogP contribution in [0.2, 0.25) is 0 Å². The highest BCUT2D eigenvalue weighted by Gasteiger charge is 2.23. The van der Waals surface area contributed by atoms with Crippen LogP contribution in [0.3, 0.4) is 0 Å². The number of benzene rings is 3. The van der Waals surface area contributed by atoms with Gasteiger partial charge in [-0.3, -0.25) is 0 Å². The SMILES string of the molecule is C=c1ccc2c(c1)Oc1cc([O-])ccc1C=2c1ccccc1C(=O)O. The molecule has 0 fully saturated rings. The first-order chi connectivity index (χ1) is 12.0. The van der Waals surface area contributed by atoms with E-state index in [1.54, 1.807) is 36.4 Å². The van der Waals surface area contributed by atoms with Crippen LogP contribution in [0.5, 0.6) is 17.2 Å².